The fourth-order valence-electron chi connectivity index (χ4n) is 3.34. The summed E-state index contributed by atoms with van der Waals surface area (Å²) in [7, 11) is 2.72. The highest BCUT2D eigenvalue weighted by Gasteiger charge is 2.31. The van der Waals surface area contributed by atoms with Crippen molar-refractivity contribution in [1.82, 2.24) is 15.5 Å². The molecule has 1 fully saturated rings. The Kier molecular flexibility index (Phi) is 10.0. The molecule has 0 heterocycles. The number of amides is 1. The Balaban J connectivity index is 0.00000392. The van der Waals surface area contributed by atoms with E-state index in [0.29, 0.717) is 16.8 Å². The van der Waals surface area contributed by atoms with E-state index in [2.05, 4.69) is 39.9 Å². The van der Waals surface area contributed by atoms with E-state index >= 15 is 0 Å². The van der Waals surface area contributed by atoms with E-state index in [1.807, 2.05) is 6.07 Å². The Bertz CT molecular complexity index is 632. The number of carbonyl (C=O) groups is 1. The standard InChI is InChI=1S/C19H27F3N4O.HI/c1-23-18(24-12-17(27)26(2)13-19(20,21)22)25-16-10-8-15(9-11-16)14-6-4-3-5-7-14;/h3-7,15-16H,8-13H2,1-2H3,(H2,23,24,25);1H. The van der Waals surface area contributed by atoms with Crippen molar-refractivity contribution in [1.29, 1.82) is 0 Å². The van der Waals surface area contributed by atoms with Crippen molar-refractivity contribution < 1.29 is 18.0 Å². The number of hydrogen-bond acceptors (Lipinski definition) is 2. The first-order valence-electron chi connectivity index (χ1n) is 9.11. The van der Waals surface area contributed by atoms with Gasteiger partial charge in [-0.2, -0.15) is 13.2 Å². The summed E-state index contributed by atoms with van der Waals surface area (Å²) < 4.78 is 37.0. The number of alkyl halides is 3. The summed E-state index contributed by atoms with van der Waals surface area (Å²) in [5.74, 6) is 0.354. The number of guanidine groups is 1. The van der Waals surface area contributed by atoms with Gasteiger partial charge in [-0.25, -0.2) is 0 Å². The number of aliphatic imine (C=N–C) groups is 1. The van der Waals surface area contributed by atoms with E-state index in [9.17, 15) is 18.0 Å². The Hall–Kier alpha value is -1.52. The number of nitrogens with one attached hydrogen (secondary N) is 2. The average molecular weight is 512 g/mol. The smallest absolute Gasteiger partial charge is 0.354 e. The predicted octanol–water partition coefficient (Wildman–Crippen LogP) is 3.52. The second-order valence-electron chi connectivity index (χ2n) is 6.89. The van der Waals surface area contributed by atoms with Gasteiger partial charge < -0.3 is 15.5 Å². The van der Waals surface area contributed by atoms with Gasteiger partial charge in [-0.1, -0.05) is 30.3 Å². The third-order valence-corrected chi connectivity index (χ3v) is 4.81. The van der Waals surface area contributed by atoms with Crippen LogP contribution in [0.5, 0.6) is 0 Å². The second-order valence-corrected chi connectivity index (χ2v) is 6.89. The number of halogens is 4. The highest BCUT2D eigenvalue weighted by atomic mass is 127. The summed E-state index contributed by atoms with van der Waals surface area (Å²) in [6, 6.07) is 10.7. The van der Waals surface area contributed by atoms with Gasteiger partial charge in [-0.3, -0.25) is 9.79 Å². The van der Waals surface area contributed by atoms with E-state index in [0.717, 1.165) is 32.7 Å². The lowest BCUT2D eigenvalue weighted by Crippen LogP contribution is -2.48. The average Bonchev–Trinajstić information content (AvgIpc) is 2.64. The molecule has 0 atom stereocenters. The van der Waals surface area contributed by atoms with Gasteiger partial charge in [0.15, 0.2) is 5.96 Å². The van der Waals surface area contributed by atoms with Crippen LogP contribution in [0.1, 0.15) is 37.2 Å². The van der Waals surface area contributed by atoms with Crippen molar-refractivity contribution in [2.75, 3.05) is 27.2 Å². The molecule has 0 aromatic heterocycles. The lowest BCUT2D eigenvalue weighted by Gasteiger charge is -2.30. The molecule has 0 spiro atoms. The maximum Gasteiger partial charge on any atom is 0.406 e. The number of nitrogens with zero attached hydrogens (tertiary/aromatic N) is 2. The van der Waals surface area contributed by atoms with Crippen molar-refractivity contribution in [2.24, 2.45) is 4.99 Å². The van der Waals surface area contributed by atoms with Crippen LogP contribution in [-0.4, -0.2) is 56.2 Å². The maximum absolute atomic E-state index is 12.3. The zero-order valence-corrected chi connectivity index (χ0v) is 18.5. The molecule has 0 unspecified atom stereocenters. The normalized spacial score (nSPS) is 20.1. The largest absolute Gasteiger partial charge is 0.406 e. The molecule has 0 bridgehead atoms. The van der Waals surface area contributed by atoms with Gasteiger partial charge in [0, 0.05) is 20.1 Å². The molecule has 2 N–H and O–H groups in total. The van der Waals surface area contributed by atoms with E-state index in [1.54, 1.807) is 7.05 Å². The van der Waals surface area contributed by atoms with Crippen LogP contribution in [0.25, 0.3) is 0 Å². The van der Waals surface area contributed by atoms with E-state index in [4.69, 9.17) is 0 Å². The van der Waals surface area contributed by atoms with Crippen LogP contribution in [0.3, 0.4) is 0 Å². The van der Waals surface area contributed by atoms with Crippen LogP contribution in [0, 0.1) is 0 Å². The number of hydrogen-bond donors (Lipinski definition) is 2. The van der Waals surface area contributed by atoms with E-state index in [1.165, 1.54) is 5.56 Å². The molecular weight excluding hydrogens is 484 g/mol. The third-order valence-electron chi connectivity index (χ3n) is 4.81. The molecule has 1 amide bonds. The number of likely N-dealkylation sites (N-methyl/N-ethyl adjacent to an activating group) is 1. The lowest BCUT2D eigenvalue weighted by atomic mass is 9.82. The lowest BCUT2D eigenvalue weighted by molar-refractivity contribution is -0.157. The molecule has 0 aliphatic heterocycles. The van der Waals surface area contributed by atoms with Crippen LogP contribution in [0.4, 0.5) is 13.2 Å². The minimum absolute atomic E-state index is 0. The minimum atomic E-state index is -4.40. The van der Waals surface area contributed by atoms with Crippen LogP contribution in [-0.2, 0) is 4.79 Å². The summed E-state index contributed by atoms with van der Waals surface area (Å²) in [5, 5.41) is 6.07. The molecule has 1 aliphatic carbocycles. The Morgan fingerprint density at radius 1 is 1.18 bits per heavy atom. The number of carbonyl (C=O) groups excluding carboxylic acids is 1. The van der Waals surface area contributed by atoms with Gasteiger partial charge in [0.25, 0.3) is 0 Å². The van der Waals surface area contributed by atoms with Gasteiger partial charge in [-0.15, -0.1) is 24.0 Å². The van der Waals surface area contributed by atoms with Gasteiger partial charge in [0.1, 0.15) is 6.54 Å². The number of rotatable bonds is 5. The zero-order chi connectivity index (χ0) is 19.9. The highest BCUT2D eigenvalue weighted by Crippen LogP contribution is 2.32. The number of benzene rings is 1. The first-order valence-corrected chi connectivity index (χ1v) is 9.11. The molecule has 1 aromatic rings. The molecule has 2 rings (SSSR count). The summed E-state index contributed by atoms with van der Waals surface area (Å²) in [6.45, 7) is -1.49. The van der Waals surface area contributed by atoms with Crippen LogP contribution in [0.2, 0.25) is 0 Å². The topological polar surface area (TPSA) is 56.7 Å². The van der Waals surface area contributed by atoms with Crippen molar-refractivity contribution in [3.63, 3.8) is 0 Å². The fraction of sp³-hybridized carbons (Fsp3) is 0.579. The molecule has 0 radical (unpaired) electrons. The molecule has 5 nitrogen and oxygen atoms in total. The van der Waals surface area contributed by atoms with E-state index in [-0.39, 0.29) is 36.6 Å². The monoisotopic (exact) mass is 512 g/mol. The first kappa shape index (κ1) is 24.5. The Morgan fingerprint density at radius 3 is 2.32 bits per heavy atom. The van der Waals surface area contributed by atoms with Crippen molar-refractivity contribution in [3.8, 4) is 0 Å². The minimum Gasteiger partial charge on any atom is -0.354 e. The molecule has 1 saturated carbocycles. The van der Waals surface area contributed by atoms with Gasteiger partial charge in [-0.05, 0) is 37.2 Å². The van der Waals surface area contributed by atoms with Crippen LogP contribution < -0.4 is 10.6 Å². The highest BCUT2D eigenvalue weighted by molar-refractivity contribution is 14.0. The first-order chi connectivity index (χ1) is 12.8. The van der Waals surface area contributed by atoms with Crippen molar-refractivity contribution in [2.45, 2.75) is 43.8 Å². The summed E-state index contributed by atoms with van der Waals surface area (Å²) >= 11 is 0. The predicted molar refractivity (Wildman–Crippen MR) is 115 cm³/mol. The molecule has 1 aliphatic rings. The van der Waals surface area contributed by atoms with Crippen molar-refractivity contribution >= 4 is 35.8 Å². The summed E-state index contributed by atoms with van der Waals surface area (Å²) in [4.78, 5) is 16.5. The van der Waals surface area contributed by atoms with Crippen LogP contribution in [0.15, 0.2) is 35.3 Å². The van der Waals surface area contributed by atoms with Gasteiger partial charge >= 0.3 is 6.18 Å². The molecule has 158 valence electrons. The summed E-state index contributed by atoms with van der Waals surface area (Å²) in [5.41, 5.74) is 1.36. The molecule has 0 saturated heterocycles. The fourth-order valence-corrected chi connectivity index (χ4v) is 3.34. The summed E-state index contributed by atoms with van der Waals surface area (Å²) in [6.07, 6.45) is -0.329. The Morgan fingerprint density at radius 2 is 1.79 bits per heavy atom. The third kappa shape index (κ3) is 8.24. The second kappa shape index (κ2) is 11.5. The van der Waals surface area contributed by atoms with Gasteiger partial charge in [0.2, 0.25) is 5.91 Å². The Labute approximate surface area is 181 Å². The van der Waals surface area contributed by atoms with Crippen LogP contribution >= 0.6 is 24.0 Å². The van der Waals surface area contributed by atoms with Gasteiger partial charge in [0.05, 0.1) is 6.54 Å². The van der Waals surface area contributed by atoms with Crippen molar-refractivity contribution in [3.05, 3.63) is 35.9 Å². The molecular formula is C19H28F3IN4O. The molecule has 1 aromatic carbocycles. The maximum atomic E-state index is 12.3. The van der Waals surface area contributed by atoms with E-state index < -0.39 is 18.6 Å². The quantitative estimate of drug-likeness (QED) is 0.361. The SMILES string of the molecule is CN=C(NCC(=O)N(C)CC(F)(F)F)NC1CCC(c2ccccc2)CC1.I. The molecule has 28 heavy (non-hydrogen) atoms. The zero-order valence-electron chi connectivity index (χ0n) is 16.1. The molecule has 9 heteroatoms.